The first-order valence-electron chi connectivity index (χ1n) is 19.5. The highest BCUT2D eigenvalue weighted by molar-refractivity contribution is 7.20. The van der Waals surface area contributed by atoms with Crippen molar-refractivity contribution in [3.63, 3.8) is 0 Å². The number of aromatic nitrogens is 4. The summed E-state index contributed by atoms with van der Waals surface area (Å²) >= 11 is 1.91. The normalized spacial score (nSPS) is 14.4. The van der Waals surface area contributed by atoms with E-state index in [1.54, 1.807) is 0 Å². The zero-order valence-corrected chi connectivity index (χ0v) is 31.7. The average Bonchev–Trinajstić information content (AvgIpc) is 3.99. The third-order valence-electron chi connectivity index (χ3n) is 12.0. The van der Waals surface area contributed by atoms with Crippen LogP contribution < -0.4 is 0 Å². The molecule has 13 rings (SSSR count). The van der Waals surface area contributed by atoms with Crippen molar-refractivity contribution in [3.05, 3.63) is 162 Å². The van der Waals surface area contributed by atoms with E-state index in [4.69, 9.17) is 14.4 Å². The van der Waals surface area contributed by atoms with Gasteiger partial charge in [-0.3, -0.25) is 9.13 Å². The molecule has 6 heteroatoms. The summed E-state index contributed by atoms with van der Waals surface area (Å²) in [5, 5.41) is 9.33. The maximum Gasteiger partial charge on any atom is 0.165 e. The van der Waals surface area contributed by atoms with Gasteiger partial charge in [0.25, 0.3) is 0 Å². The number of para-hydroxylation sites is 3. The molecule has 5 nitrogen and oxygen atoms in total. The Morgan fingerprint density at radius 2 is 1.32 bits per heavy atom. The molecule has 1 atom stereocenters. The second-order valence-corrected chi connectivity index (χ2v) is 16.5. The SMILES string of the molecule is CC1C=Cc2c(sc3c(-c4nc5c(nc4-n4c6ccccc6c6cc7ccccc7cc64)c4ccccc4n5-c4ccc5c(c4)oc4ccccc45)cccc23)C1. The fourth-order valence-corrected chi connectivity index (χ4v) is 10.8. The highest BCUT2D eigenvalue weighted by Gasteiger charge is 2.26. The molecule has 0 saturated carbocycles. The lowest BCUT2D eigenvalue weighted by Gasteiger charge is -2.15. The monoisotopic (exact) mass is 748 g/mol. The van der Waals surface area contributed by atoms with Gasteiger partial charge in [-0.2, -0.15) is 0 Å². The van der Waals surface area contributed by atoms with Gasteiger partial charge in [0, 0.05) is 53.5 Å². The van der Waals surface area contributed by atoms with E-state index in [-0.39, 0.29) is 0 Å². The van der Waals surface area contributed by atoms with Gasteiger partial charge < -0.3 is 4.42 Å². The molecule has 1 unspecified atom stereocenters. The van der Waals surface area contributed by atoms with Crippen molar-refractivity contribution in [1.82, 2.24) is 19.1 Å². The number of rotatable bonds is 3. The quantitative estimate of drug-likeness (QED) is 0.181. The minimum atomic E-state index is 0.507. The summed E-state index contributed by atoms with van der Waals surface area (Å²) in [6.45, 7) is 2.30. The highest BCUT2D eigenvalue weighted by atomic mass is 32.1. The number of hydrogen-bond donors (Lipinski definition) is 0. The lowest BCUT2D eigenvalue weighted by Crippen LogP contribution is -2.05. The van der Waals surface area contributed by atoms with Gasteiger partial charge in [-0.05, 0) is 71.1 Å². The summed E-state index contributed by atoms with van der Waals surface area (Å²) < 4.78 is 12.3. The van der Waals surface area contributed by atoms with E-state index in [9.17, 15) is 0 Å². The smallest absolute Gasteiger partial charge is 0.165 e. The van der Waals surface area contributed by atoms with Crippen LogP contribution in [0.2, 0.25) is 0 Å². The van der Waals surface area contributed by atoms with Gasteiger partial charge in [0.05, 0.1) is 22.2 Å². The summed E-state index contributed by atoms with van der Waals surface area (Å²) in [5.74, 6) is 1.33. The van der Waals surface area contributed by atoms with E-state index in [0.717, 1.165) is 84.2 Å². The third kappa shape index (κ3) is 4.39. The maximum atomic E-state index is 6.43. The van der Waals surface area contributed by atoms with E-state index >= 15 is 0 Å². The van der Waals surface area contributed by atoms with Crippen molar-refractivity contribution in [2.24, 2.45) is 5.92 Å². The Morgan fingerprint density at radius 3 is 2.19 bits per heavy atom. The number of allylic oxidation sites excluding steroid dienone is 1. The first kappa shape index (κ1) is 31.2. The second-order valence-electron chi connectivity index (χ2n) is 15.4. The van der Waals surface area contributed by atoms with Crippen LogP contribution in [0, 0.1) is 5.92 Å². The molecule has 5 aromatic heterocycles. The Hall–Kier alpha value is -7.02. The molecule has 0 amide bonds. The van der Waals surface area contributed by atoms with Crippen LogP contribution in [0.4, 0.5) is 0 Å². The molecule has 0 fully saturated rings. The van der Waals surface area contributed by atoms with Gasteiger partial charge in [-0.25, -0.2) is 9.97 Å². The molecule has 0 bridgehead atoms. The van der Waals surface area contributed by atoms with Crippen LogP contribution in [-0.4, -0.2) is 19.1 Å². The first-order chi connectivity index (χ1) is 28.2. The van der Waals surface area contributed by atoms with Crippen LogP contribution in [0.1, 0.15) is 17.4 Å². The lowest BCUT2D eigenvalue weighted by atomic mass is 9.95. The van der Waals surface area contributed by atoms with E-state index in [1.165, 1.54) is 42.1 Å². The molecule has 268 valence electrons. The first-order valence-corrected chi connectivity index (χ1v) is 20.4. The summed E-state index contributed by atoms with van der Waals surface area (Å²) in [4.78, 5) is 13.0. The number of furan rings is 1. The van der Waals surface area contributed by atoms with Crippen LogP contribution in [-0.2, 0) is 6.42 Å². The zero-order chi connectivity index (χ0) is 37.4. The minimum Gasteiger partial charge on any atom is -0.456 e. The number of benzene rings is 7. The van der Waals surface area contributed by atoms with Gasteiger partial charge >= 0.3 is 0 Å². The van der Waals surface area contributed by atoms with E-state index < -0.39 is 0 Å². The topological polar surface area (TPSA) is 48.8 Å². The van der Waals surface area contributed by atoms with Crippen LogP contribution >= 0.6 is 11.3 Å². The van der Waals surface area contributed by atoms with Gasteiger partial charge in [-0.1, -0.05) is 116 Å². The van der Waals surface area contributed by atoms with Crippen LogP contribution in [0.3, 0.4) is 0 Å². The van der Waals surface area contributed by atoms with Crippen molar-refractivity contribution in [2.75, 3.05) is 0 Å². The average molecular weight is 749 g/mol. The Bertz CT molecular complexity index is 3710. The zero-order valence-electron chi connectivity index (χ0n) is 30.9. The van der Waals surface area contributed by atoms with Gasteiger partial charge in [0.2, 0.25) is 0 Å². The van der Waals surface area contributed by atoms with Crippen LogP contribution in [0.25, 0.3) is 116 Å². The Balaban J connectivity index is 1.18. The molecular formula is C51H32N4OS. The number of hydrogen-bond acceptors (Lipinski definition) is 4. The minimum absolute atomic E-state index is 0.507. The fraction of sp³-hybridized carbons (Fsp3) is 0.0588. The van der Waals surface area contributed by atoms with E-state index in [1.807, 2.05) is 23.5 Å². The molecule has 0 aliphatic heterocycles. The molecule has 7 aromatic carbocycles. The van der Waals surface area contributed by atoms with Gasteiger partial charge in [-0.15, -0.1) is 11.3 Å². The molecule has 0 N–H and O–H groups in total. The lowest BCUT2D eigenvalue weighted by molar-refractivity contribution is 0.668. The number of thiophene rings is 1. The summed E-state index contributed by atoms with van der Waals surface area (Å²) in [6, 6.07) is 52.0. The molecule has 0 radical (unpaired) electrons. The Morgan fingerprint density at radius 1 is 0.596 bits per heavy atom. The number of nitrogens with zero attached hydrogens (tertiary/aromatic N) is 4. The standard InChI is InChI=1S/C51H32N4OS/c1-29-21-23-36-37-16-10-17-39(49(37)57-46(36)25-29)48-51(55-41-18-7-4-13-33(41)40-26-30-11-2-3-12-31(30)27-43(40)55)52-47-38-15-5-8-19-42(38)54(50(47)53-48)32-22-24-35-34-14-6-9-20-44(34)56-45(35)28-32/h2-24,26-29H,25H2,1H3. The van der Waals surface area contributed by atoms with E-state index in [0.29, 0.717) is 5.92 Å². The molecular weight excluding hydrogens is 717 g/mol. The predicted octanol–water partition coefficient (Wildman–Crippen LogP) is 13.8. The van der Waals surface area contributed by atoms with Crippen molar-refractivity contribution in [1.29, 1.82) is 0 Å². The van der Waals surface area contributed by atoms with Gasteiger partial charge in [0.15, 0.2) is 11.5 Å². The summed E-state index contributed by atoms with van der Waals surface area (Å²) in [5.41, 5.74) is 10.9. The molecule has 1 aliphatic rings. The third-order valence-corrected chi connectivity index (χ3v) is 13.3. The molecule has 57 heavy (non-hydrogen) atoms. The largest absolute Gasteiger partial charge is 0.456 e. The second kappa shape index (κ2) is 11.5. The van der Waals surface area contributed by atoms with E-state index in [2.05, 4.69) is 162 Å². The summed E-state index contributed by atoms with van der Waals surface area (Å²) in [6.07, 6.45) is 5.71. The van der Waals surface area contributed by atoms with Crippen LogP contribution in [0.5, 0.6) is 0 Å². The maximum absolute atomic E-state index is 6.43. The highest BCUT2D eigenvalue weighted by Crippen LogP contribution is 2.45. The Kier molecular flexibility index (Phi) is 6.30. The fourth-order valence-electron chi connectivity index (χ4n) is 9.40. The molecule has 5 heterocycles. The predicted molar refractivity (Wildman–Crippen MR) is 238 cm³/mol. The summed E-state index contributed by atoms with van der Waals surface area (Å²) in [7, 11) is 0. The van der Waals surface area contributed by atoms with Crippen molar-refractivity contribution in [3.8, 4) is 22.8 Å². The van der Waals surface area contributed by atoms with Crippen molar-refractivity contribution < 1.29 is 4.42 Å². The van der Waals surface area contributed by atoms with Crippen molar-refractivity contribution in [2.45, 2.75) is 13.3 Å². The number of fused-ring (bicyclic) bond motifs is 13. The van der Waals surface area contributed by atoms with Gasteiger partial charge in [0.1, 0.15) is 22.4 Å². The van der Waals surface area contributed by atoms with Crippen molar-refractivity contribution >= 4 is 104 Å². The molecule has 12 aromatic rings. The Labute approximate surface area is 330 Å². The molecule has 0 spiro atoms. The molecule has 1 aliphatic carbocycles. The van der Waals surface area contributed by atoms with Crippen LogP contribution in [0.15, 0.2) is 156 Å². The molecule has 0 saturated heterocycles.